The number of rotatable bonds is 4. The lowest BCUT2D eigenvalue weighted by Gasteiger charge is -2.22. The Morgan fingerprint density at radius 1 is 1.07 bits per heavy atom. The number of benzene rings is 1. The number of carbonyl (C=O) groups is 1. The van der Waals surface area contributed by atoms with Gasteiger partial charge in [0.1, 0.15) is 0 Å². The summed E-state index contributed by atoms with van der Waals surface area (Å²) in [5.74, 6) is 0.404. The molecule has 1 aliphatic carbocycles. The number of fused-ring (bicyclic) bond motifs is 1. The quantitative estimate of drug-likeness (QED) is 0.485. The van der Waals surface area contributed by atoms with Crippen LogP contribution in [-0.2, 0) is 20.6 Å². The summed E-state index contributed by atoms with van der Waals surface area (Å²) in [4.78, 5) is 41.7. The van der Waals surface area contributed by atoms with Crippen molar-refractivity contribution < 1.29 is 4.79 Å². The maximum Gasteiger partial charge on any atom is 0.332 e. The molecule has 1 aromatic carbocycles. The van der Waals surface area contributed by atoms with Gasteiger partial charge in [-0.25, -0.2) is 4.79 Å². The van der Waals surface area contributed by atoms with Crippen molar-refractivity contribution in [3.8, 4) is 0 Å². The minimum Gasteiger partial charge on any atom is -0.301 e. The van der Waals surface area contributed by atoms with Crippen LogP contribution in [0.15, 0.2) is 33.9 Å². The van der Waals surface area contributed by atoms with E-state index >= 15 is 0 Å². The highest BCUT2D eigenvalue weighted by molar-refractivity contribution is 6.29. The maximum atomic E-state index is 12.9. The summed E-state index contributed by atoms with van der Waals surface area (Å²) in [5, 5.41) is 0.00507. The minimum atomic E-state index is -0.525. The molecule has 8 heteroatoms. The van der Waals surface area contributed by atoms with Gasteiger partial charge in [-0.15, -0.1) is 0 Å². The van der Waals surface area contributed by atoms with Gasteiger partial charge < -0.3 is 4.57 Å². The van der Waals surface area contributed by atoms with E-state index in [9.17, 15) is 14.4 Å². The van der Waals surface area contributed by atoms with E-state index in [0.717, 1.165) is 4.57 Å². The fourth-order valence-corrected chi connectivity index (χ4v) is 4.40. The van der Waals surface area contributed by atoms with Crippen molar-refractivity contribution in [3.63, 3.8) is 0 Å². The van der Waals surface area contributed by atoms with Crippen LogP contribution >= 0.6 is 11.6 Å². The molecule has 0 N–H and O–H groups in total. The van der Waals surface area contributed by atoms with E-state index in [-0.39, 0.29) is 28.8 Å². The molecule has 0 amide bonds. The third kappa shape index (κ3) is 3.44. The predicted octanol–water partition coefficient (Wildman–Crippen LogP) is 3.02. The molecule has 1 saturated carbocycles. The van der Waals surface area contributed by atoms with Crippen molar-refractivity contribution in [2.75, 3.05) is 0 Å². The molecule has 152 valence electrons. The van der Waals surface area contributed by atoms with Crippen molar-refractivity contribution in [1.29, 1.82) is 0 Å². The molecule has 4 rings (SSSR count). The Bertz CT molecular complexity index is 1200. The fraction of sp³-hybridized carbons (Fsp3) is 0.429. The van der Waals surface area contributed by atoms with E-state index in [1.165, 1.54) is 60.9 Å². The van der Waals surface area contributed by atoms with Gasteiger partial charge in [-0.2, -0.15) is 4.98 Å². The normalized spacial score (nSPS) is 15.1. The zero-order chi connectivity index (χ0) is 20.7. The number of aromatic nitrogens is 4. The maximum absolute atomic E-state index is 12.9. The van der Waals surface area contributed by atoms with E-state index in [0.29, 0.717) is 11.5 Å². The van der Waals surface area contributed by atoms with Gasteiger partial charge in [-0.1, -0.05) is 43.5 Å². The molecule has 0 radical (unpaired) electrons. The van der Waals surface area contributed by atoms with Crippen molar-refractivity contribution in [2.24, 2.45) is 14.1 Å². The topological polar surface area (TPSA) is 78.9 Å². The van der Waals surface area contributed by atoms with E-state index in [1.807, 2.05) is 24.3 Å². The van der Waals surface area contributed by atoms with Gasteiger partial charge in [0.05, 0.1) is 6.54 Å². The lowest BCUT2D eigenvalue weighted by atomic mass is 9.84. The summed E-state index contributed by atoms with van der Waals surface area (Å²) in [6.07, 6.45) is 6.22. The molecule has 7 nitrogen and oxygen atoms in total. The molecule has 0 spiro atoms. The molecule has 0 unspecified atom stereocenters. The molecule has 2 aromatic heterocycles. The smallest absolute Gasteiger partial charge is 0.301 e. The van der Waals surface area contributed by atoms with Crippen LogP contribution in [0.4, 0.5) is 0 Å². The van der Waals surface area contributed by atoms with E-state index in [1.54, 1.807) is 0 Å². The van der Waals surface area contributed by atoms with Crippen molar-refractivity contribution in [1.82, 2.24) is 18.7 Å². The highest BCUT2D eigenvalue weighted by atomic mass is 35.5. The number of imidazole rings is 1. The molecule has 0 bridgehead atoms. The summed E-state index contributed by atoms with van der Waals surface area (Å²) in [7, 11) is 2.91. The molecule has 29 heavy (non-hydrogen) atoms. The molecule has 1 fully saturated rings. The molecule has 2 heterocycles. The van der Waals surface area contributed by atoms with Gasteiger partial charge in [0.15, 0.2) is 16.9 Å². The highest BCUT2D eigenvalue weighted by Gasteiger charge is 2.21. The average Bonchev–Trinajstić information content (AvgIpc) is 3.07. The Morgan fingerprint density at radius 3 is 2.38 bits per heavy atom. The number of hydrogen-bond acceptors (Lipinski definition) is 4. The van der Waals surface area contributed by atoms with Crippen molar-refractivity contribution >= 4 is 28.5 Å². The number of ketones is 1. The number of halogens is 1. The predicted molar refractivity (Wildman–Crippen MR) is 112 cm³/mol. The first-order chi connectivity index (χ1) is 13.9. The zero-order valence-electron chi connectivity index (χ0n) is 16.5. The first kappa shape index (κ1) is 19.6. The van der Waals surface area contributed by atoms with Crippen LogP contribution in [0.1, 0.15) is 53.9 Å². The molecule has 0 atom stereocenters. The van der Waals surface area contributed by atoms with Gasteiger partial charge in [0.25, 0.3) is 5.56 Å². The fourth-order valence-electron chi connectivity index (χ4n) is 4.18. The van der Waals surface area contributed by atoms with Gasteiger partial charge in [-0.05, 0) is 35.9 Å². The third-order valence-electron chi connectivity index (χ3n) is 5.91. The van der Waals surface area contributed by atoms with Crippen LogP contribution in [0.3, 0.4) is 0 Å². The molecular weight excluding hydrogens is 392 g/mol. The van der Waals surface area contributed by atoms with Gasteiger partial charge in [0, 0.05) is 19.7 Å². The first-order valence-corrected chi connectivity index (χ1v) is 10.2. The van der Waals surface area contributed by atoms with Crippen LogP contribution in [0.5, 0.6) is 0 Å². The average molecular weight is 415 g/mol. The zero-order valence-corrected chi connectivity index (χ0v) is 17.3. The second kappa shape index (κ2) is 7.63. The summed E-state index contributed by atoms with van der Waals surface area (Å²) in [5.41, 5.74) is 1.13. The van der Waals surface area contributed by atoms with E-state index in [4.69, 9.17) is 11.6 Å². The minimum absolute atomic E-state index is 0.00507. The third-order valence-corrected chi connectivity index (χ3v) is 6.20. The number of nitrogens with zero attached hydrogens (tertiary/aromatic N) is 4. The van der Waals surface area contributed by atoms with Crippen LogP contribution < -0.4 is 11.2 Å². The van der Waals surface area contributed by atoms with Crippen LogP contribution in [0, 0.1) is 0 Å². The summed E-state index contributed by atoms with van der Waals surface area (Å²) < 4.78 is 3.61. The van der Waals surface area contributed by atoms with E-state index in [2.05, 4.69) is 4.98 Å². The second-order valence-electron chi connectivity index (χ2n) is 7.73. The highest BCUT2D eigenvalue weighted by Crippen LogP contribution is 2.32. The second-order valence-corrected chi connectivity index (χ2v) is 8.06. The Morgan fingerprint density at radius 2 is 1.72 bits per heavy atom. The van der Waals surface area contributed by atoms with Gasteiger partial charge >= 0.3 is 5.69 Å². The summed E-state index contributed by atoms with van der Waals surface area (Å²) >= 11 is 6.21. The van der Waals surface area contributed by atoms with E-state index < -0.39 is 11.2 Å². The molecule has 0 aliphatic heterocycles. The number of hydrogen-bond donors (Lipinski definition) is 0. The Labute approximate surface area is 172 Å². The standard InChI is InChI=1S/C21H23ClN4O3/c1-24-18-17(19(28)25(2)21(24)29)26(20(22)23-18)12-16(27)15-10-8-14(9-11-15)13-6-4-3-5-7-13/h8-11,13H,3-7,12H2,1-2H3. The van der Waals surface area contributed by atoms with Gasteiger partial charge in [-0.3, -0.25) is 18.7 Å². The van der Waals surface area contributed by atoms with Crippen LogP contribution in [0.2, 0.25) is 5.28 Å². The Balaban J connectivity index is 1.65. The number of aryl methyl sites for hydroxylation is 1. The Hall–Kier alpha value is -2.67. The summed E-state index contributed by atoms with van der Waals surface area (Å²) in [6, 6.07) is 7.74. The number of carbonyl (C=O) groups excluding carboxylic acids is 1. The lowest BCUT2D eigenvalue weighted by molar-refractivity contribution is 0.0973. The van der Waals surface area contributed by atoms with Crippen molar-refractivity contribution in [2.45, 2.75) is 44.6 Å². The molecule has 1 aliphatic rings. The largest absolute Gasteiger partial charge is 0.332 e. The Kier molecular flexibility index (Phi) is 5.17. The number of Topliss-reactive ketones (excluding diaryl/α,β-unsaturated/α-hetero) is 1. The molecule has 3 aromatic rings. The van der Waals surface area contributed by atoms with Crippen molar-refractivity contribution in [3.05, 3.63) is 61.5 Å². The van der Waals surface area contributed by atoms with Crippen LogP contribution in [0.25, 0.3) is 11.2 Å². The molecular formula is C21H23ClN4O3. The lowest BCUT2D eigenvalue weighted by Crippen LogP contribution is -2.37. The van der Waals surface area contributed by atoms with Crippen LogP contribution in [-0.4, -0.2) is 24.5 Å². The summed E-state index contributed by atoms with van der Waals surface area (Å²) in [6.45, 7) is -0.119. The van der Waals surface area contributed by atoms with Gasteiger partial charge in [0.2, 0.25) is 5.28 Å². The molecule has 0 saturated heterocycles. The monoisotopic (exact) mass is 414 g/mol. The SMILES string of the molecule is Cn1c(=O)c2c(nc(Cl)n2CC(=O)c2ccc(C3CCCCC3)cc2)n(C)c1=O. The first-order valence-electron chi connectivity index (χ1n) is 9.83.